The molecule has 0 bridgehead atoms. The van der Waals surface area contributed by atoms with Crippen LogP contribution in [0.25, 0.3) is 10.9 Å². The Hall–Kier alpha value is -0.260. The summed E-state index contributed by atoms with van der Waals surface area (Å²) in [5.74, 6) is 0. The third-order valence-electron chi connectivity index (χ3n) is 2.46. The summed E-state index contributed by atoms with van der Waals surface area (Å²) in [5, 5.41) is 1.13. The Morgan fingerprint density at radius 2 is 2.19 bits per heavy atom. The molecule has 1 aromatic heterocycles. The van der Waals surface area contributed by atoms with Gasteiger partial charge >= 0.3 is 0 Å². The smallest absolute Gasteiger partial charge is 0.0629 e. The Kier molecular flexibility index (Phi) is 4.10. The second-order valence-electron chi connectivity index (χ2n) is 3.43. The predicted octanol–water partition coefficient (Wildman–Crippen LogP) is 3.46. The van der Waals surface area contributed by atoms with E-state index in [1.54, 1.807) is 0 Å². The number of benzene rings is 1. The maximum atomic E-state index is 5.70. The van der Waals surface area contributed by atoms with E-state index in [2.05, 4.69) is 30.6 Å². The summed E-state index contributed by atoms with van der Waals surface area (Å²) in [6.07, 6.45) is 1.94. The van der Waals surface area contributed by atoms with Gasteiger partial charge in [-0.1, -0.05) is 22.0 Å². The molecule has 1 atom stereocenters. The summed E-state index contributed by atoms with van der Waals surface area (Å²) in [7, 11) is 0. The number of H-pyrrole nitrogens is 1. The van der Waals surface area contributed by atoms with Gasteiger partial charge in [-0.25, -0.2) is 9.67 Å². The van der Waals surface area contributed by atoms with Crippen LogP contribution in [0.15, 0.2) is 28.9 Å². The second kappa shape index (κ2) is 5.38. The van der Waals surface area contributed by atoms with Crippen LogP contribution in [0.3, 0.4) is 0 Å². The first kappa shape index (κ1) is 12.2. The summed E-state index contributed by atoms with van der Waals surface area (Å²) in [6, 6.07) is 6.03. The Labute approximate surface area is 112 Å². The van der Waals surface area contributed by atoms with Crippen LogP contribution in [-0.2, 0) is 0 Å². The van der Waals surface area contributed by atoms with E-state index in [1.807, 2.05) is 24.4 Å². The number of hydrogen-bond donors (Lipinski definition) is 3. The van der Waals surface area contributed by atoms with E-state index in [9.17, 15) is 0 Å². The molecular weight excluding hydrogens is 313 g/mol. The minimum atomic E-state index is -0.0332. The van der Waals surface area contributed by atoms with Crippen LogP contribution in [0.2, 0.25) is 0 Å². The largest absolute Gasteiger partial charge is 0.361 e. The normalized spacial score (nSPS) is 13.2. The Balaban J connectivity index is 2.44. The van der Waals surface area contributed by atoms with Crippen LogP contribution in [0.1, 0.15) is 11.6 Å². The fraction of sp³-hybridized carbons (Fsp3) is 0.200. The van der Waals surface area contributed by atoms with Crippen LogP contribution in [-0.4, -0.2) is 11.5 Å². The molecule has 0 aliphatic heterocycles. The third-order valence-corrected chi connectivity index (χ3v) is 3.38. The van der Waals surface area contributed by atoms with Gasteiger partial charge in [0.15, 0.2) is 0 Å². The van der Waals surface area contributed by atoms with Crippen molar-refractivity contribution in [3.63, 3.8) is 0 Å². The zero-order chi connectivity index (χ0) is 11.5. The summed E-state index contributed by atoms with van der Waals surface area (Å²) in [5.41, 5.74) is 2.15. The Morgan fingerprint density at radius 3 is 2.88 bits per heavy atom. The van der Waals surface area contributed by atoms with E-state index in [0.717, 1.165) is 20.9 Å². The topological polar surface area (TPSA) is 39.8 Å². The van der Waals surface area contributed by atoms with E-state index in [-0.39, 0.29) is 6.04 Å². The van der Waals surface area contributed by atoms with Gasteiger partial charge in [-0.2, -0.15) is 0 Å². The lowest BCUT2D eigenvalue weighted by molar-refractivity contribution is 0.658. The molecule has 3 N–H and O–H groups in total. The van der Waals surface area contributed by atoms with Gasteiger partial charge in [0.1, 0.15) is 0 Å². The first-order valence-electron chi connectivity index (χ1n) is 4.72. The first-order chi connectivity index (χ1) is 7.76. The maximum absolute atomic E-state index is 5.70. The van der Waals surface area contributed by atoms with Gasteiger partial charge in [0.25, 0.3) is 0 Å². The summed E-state index contributed by atoms with van der Waals surface area (Å²) >= 11 is 14.6. The van der Waals surface area contributed by atoms with E-state index in [0.29, 0.717) is 6.54 Å². The number of aromatic amines is 1. The van der Waals surface area contributed by atoms with Crippen molar-refractivity contribution in [2.24, 2.45) is 0 Å². The highest BCUT2D eigenvalue weighted by Gasteiger charge is 2.14. The fourth-order valence-corrected chi connectivity index (χ4v) is 2.40. The molecular formula is C10H10BrCl2N3. The summed E-state index contributed by atoms with van der Waals surface area (Å²) in [6.45, 7) is 0.550. The van der Waals surface area contributed by atoms with Crippen molar-refractivity contribution in [3.05, 3.63) is 34.4 Å². The molecule has 0 amide bonds. The monoisotopic (exact) mass is 321 g/mol. The average molecular weight is 323 g/mol. The molecule has 0 aliphatic rings. The molecule has 2 aromatic rings. The molecule has 16 heavy (non-hydrogen) atoms. The van der Waals surface area contributed by atoms with Gasteiger partial charge in [0.2, 0.25) is 0 Å². The minimum absolute atomic E-state index is 0.0332. The molecule has 3 nitrogen and oxygen atoms in total. The minimum Gasteiger partial charge on any atom is -0.361 e. The number of nitrogens with one attached hydrogen (secondary N) is 3. The van der Waals surface area contributed by atoms with E-state index in [1.165, 1.54) is 0 Å². The fourth-order valence-electron chi connectivity index (χ4n) is 1.69. The number of rotatable bonds is 4. The van der Waals surface area contributed by atoms with Gasteiger partial charge < -0.3 is 4.98 Å². The first-order valence-corrected chi connectivity index (χ1v) is 6.27. The number of aromatic nitrogens is 1. The highest BCUT2D eigenvalue weighted by atomic mass is 79.9. The van der Waals surface area contributed by atoms with Crippen molar-refractivity contribution >= 4 is 50.4 Å². The van der Waals surface area contributed by atoms with Crippen molar-refractivity contribution in [1.29, 1.82) is 0 Å². The molecule has 2 rings (SSSR count). The molecule has 0 spiro atoms. The van der Waals surface area contributed by atoms with Crippen molar-refractivity contribution in [2.75, 3.05) is 6.54 Å². The number of hydrogen-bond acceptors (Lipinski definition) is 2. The molecule has 0 aliphatic carbocycles. The van der Waals surface area contributed by atoms with Gasteiger partial charge in [0, 0.05) is 28.1 Å². The highest BCUT2D eigenvalue weighted by Crippen LogP contribution is 2.26. The lowest BCUT2D eigenvalue weighted by Crippen LogP contribution is -2.21. The van der Waals surface area contributed by atoms with E-state index < -0.39 is 0 Å². The molecule has 86 valence electrons. The van der Waals surface area contributed by atoms with Gasteiger partial charge in [-0.15, -0.1) is 0 Å². The van der Waals surface area contributed by atoms with Crippen molar-refractivity contribution < 1.29 is 0 Å². The van der Waals surface area contributed by atoms with Crippen molar-refractivity contribution in [1.82, 2.24) is 14.7 Å². The Morgan fingerprint density at radius 1 is 1.38 bits per heavy atom. The second-order valence-corrected chi connectivity index (χ2v) is 4.83. The molecule has 1 unspecified atom stereocenters. The average Bonchev–Trinajstić information content (AvgIpc) is 2.68. The lowest BCUT2D eigenvalue weighted by Gasteiger charge is -2.12. The number of fused-ring (bicyclic) bond motifs is 1. The zero-order valence-electron chi connectivity index (χ0n) is 8.23. The van der Waals surface area contributed by atoms with Crippen LogP contribution in [0.5, 0.6) is 0 Å². The third kappa shape index (κ3) is 2.36. The summed E-state index contributed by atoms with van der Waals surface area (Å²) < 4.78 is 1.04. The molecule has 0 saturated heterocycles. The van der Waals surface area contributed by atoms with Crippen molar-refractivity contribution in [2.45, 2.75) is 6.04 Å². The van der Waals surface area contributed by atoms with Crippen LogP contribution in [0, 0.1) is 0 Å². The lowest BCUT2D eigenvalue weighted by atomic mass is 10.1. The van der Waals surface area contributed by atoms with Gasteiger partial charge in [0.05, 0.1) is 6.04 Å². The predicted molar refractivity (Wildman–Crippen MR) is 71.6 cm³/mol. The highest BCUT2D eigenvalue weighted by molar-refractivity contribution is 9.10. The molecule has 0 saturated carbocycles. The SMILES string of the molecule is ClNCC(NCl)c1c[nH]c2cc(Br)ccc12. The van der Waals surface area contributed by atoms with E-state index in [4.69, 9.17) is 23.6 Å². The van der Waals surface area contributed by atoms with Crippen LogP contribution in [0.4, 0.5) is 0 Å². The van der Waals surface area contributed by atoms with E-state index >= 15 is 0 Å². The van der Waals surface area contributed by atoms with Gasteiger partial charge in [-0.3, -0.25) is 0 Å². The quantitative estimate of drug-likeness (QED) is 0.754. The molecule has 1 aromatic carbocycles. The van der Waals surface area contributed by atoms with Crippen LogP contribution < -0.4 is 9.67 Å². The summed E-state index contributed by atoms with van der Waals surface area (Å²) in [4.78, 5) is 8.49. The van der Waals surface area contributed by atoms with Crippen molar-refractivity contribution in [3.8, 4) is 0 Å². The molecule has 0 radical (unpaired) electrons. The molecule has 0 fully saturated rings. The van der Waals surface area contributed by atoms with Gasteiger partial charge in [-0.05, 0) is 41.2 Å². The molecule has 1 heterocycles. The Bertz CT molecular complexity index is 486. The molecule has 6 heteroatoms. The number of halogens is 3. The van der Waals surface area contributed by atoms with Crippen LogP contribution >= 0.6 is 39.5 Å². The standard InChI is InChI=1S/C10H10BrCl2N3/c11-6-1-2-7-8(4-14-9(7)3-6)10(16-13)5-15-12/h1-4,10,14-16H,5H2. The maximum Gasteiger partial charge on any atom is 0.0629 e. The zero-order valence-corrected chi connectivity index (χ0v) is 11.3.